The van der Waals surface area contributed by atoms with Gasteiger partial charge in [-0.05, 0) is 42.0 Å². The molecule has 0 aliphatic carbocycles. The minimum Gasteiger partial charge on any atom is -0.484 e. The Hall–Kier alpha value is -6.02. The first-order valence-corrected chi connectivity index (χ1v) is 17.9. The maximum Gasteiger partial charge on any atom is 0.258 e. The average molecular weight is 740 g/mol. The molecule has 54 heavy (non-hydrogen) atoms. The Balaban J connectivity index is 1.45. The molecule has 5 atom stereocenters. The van der Waals surface area contributed by atoms with E-state index in [2.05, 4.69) is 31.2 Å². The molecule has 1 aromatic heterocycles. The maximum atomic E-state index is 13.8. The normalized spacial score (nSPS) is 13.8. The molecule has 0 aliphatic heterocycles. The number of aromatic nitrogens is 2. The van der Waals surface area contributed by atoms with Gasteiger partial charge >= 0.3 is 0 Å². The lowest BCUT2D eigenvalue weighted by molar-refractivity contribution is -0.133. The Labute approximate surface area is 314 Å². The van der Waals surface area contributed by atoms with Gasteiger partial charge in [-0.2, -0.15) is 0 Å². The van der Waals surface area contributed by atoms with Crippen LogP contribution in [0.25, 0.3) is 0 Å². The fourth-order valence-electron chi connectivity index (χ4n) is 5.79. The molecule has 14 nitrogen and oxygen atoms in total. The van der Waals surface area contributed by atoms with E-state index in [1.807, 2.05) is 80.6 Å². The van der Waals surface area contributed by atoms with Gasteiger partial charge in [0.25, 0.3) is 5.91 Å². The SMILES string of the molecule is CC(C)C[C@H](NC(=O)C[C@H](O)[C@H](Cc1ccccc1)NC(=O)[C@H](Cc1cnc[nH]1)NC(=O)COc1ccccc1)C(=O)N[C@@H](Cc1ccccc1)C(N)=O. The number of hydrogen-bond acceptors (Lipinski definition) is 8. The van der Waals surface area contributed by atoms with Gasteiger partial charge < -0.3 is 41.8 Å². The number of benzene rings is 3. The van der Waals surface area contributed by atoms with Gasteiger partial charge in [0.1, 0.15) is 23.9 Å². The maximum absolute atomic E-state index is 13.8. The van der Waals surface area contributed by atoms with Crippen LogP contribution in [0.1, 0.15) is 43.5 Å². The summed E-state index contributed by atoms with van der Waals surface area (Å²) in [6.07, 6.45) is 1.74. The van der Waals surface area contributed by atoms with Crippen molar-refractivity contribution in [2.45, 2.75) is 76.2 Å². The Bertz CT molecular complexity index is 1770. The Kier molecular flexibility index (Phi) is 15.8. The van der Waals surface area contributed by atoms with E-state index in [-0.39, 0.29) is 38.2 Å². The number of carbonyl (C=O) groups excluding carboxylic acids is 5. The van der Waals surface area contributed by atoms with Crippen molar-refractivity contribution in [1.82, 2.24) is 31.2 Å². The van der Waals surface area contributed by atoms with Crippen molar-refractivity contribution in [3.63, 3.8) is 0 Å². The van der Waals surface area contributed by atoms with E-state index in [1.165, 1.54) is 12.5 Å². The minimum absolute atomic E-state index is 0.0163. The highest BCUT2D eigenvalue weighted by molar-refractivity contribution is 5.92. The third-order valence-corrected chi connectivity index (χ3v) is 8.53. The molecule has 4 rings (SSSR count). The number of imidazole rings is 1. The third kappa shape index (κ3) is 13.8. The van der Waals surface area contributed by atoms with Crippen LogP contribution in [-0.4, -0.2) is 81.5 Å². The molecule has 0 aliphatic rings. The zero-order valence-corrected chi connectivity index (χ0v) is 30.4. The fourth-order valence-corrected chi connectivity index (χ4v) is 5.79. The number of aliphatic hydroxyl groups is 1. The summed E-state index contributed by atoms with van der Waals surface area (Å²) in [6.45, 7) is 3.42. The Morgan fingerprint density at radius 3 is 1.87 bits per heavy atom. The zero-order valence-electron chi connectivity index (χ0n) is 30.4. The number of ether oxygens (including phenoxy) is 1. The van der Waals surface area contributed by atoms with Crippen molar-refractivity contribution < 1.29 is 33.8 Å². The molecule has 5 amide bonds. The Morgan fingerprint density at radius 2 is 1.30 bits per heavy atom. The largest absolute Gasteiger partial charge is 0.484 e. The molecule has 1 heterocycles. The number of para-hydroxylation sites is 1. The molecule has 0 saturated carbocycles. The summed E-state index contributed by atoms with van der Waals surface area (Å²) < 4.78 is 5.56. The fraction of sp³-hybridized carbons (Fsp3) is 0.350. The van der Waals surface area contributed by atoms with Gasteiger partial charge in [0.05, 0.1) is 24.9 Å². The van der Waals surface area contributed by atoms with Crippen LogP contribution in [0.4, 0.5) is 0 Å². The molecular formula is C40H49N7O7. The monoisotopic (exact) mass is 739 g/mol. The lowest BCUT2D eigenvalue weighted by atomic mass is 9.97. The van der Waals surface area contributed by atoms with Gasteiger partial charge in [0.15, 0.2) is 6.61 Å². The van der Waals surface area contributed by atoms with Crippen LogP contribution < -0.4 is 31.7 Å². The highest BCUT2D eigenvalue weighted by Gasteiger charge is 2.31. The van der Waals surface area contributed by atoms with Gasteiger partial charge in [-0.25, -0.2) is 4.98 Å². The zero-order chi connectivity index (χ0) is 38.9. The molecule has 0 radical (unpaired) electrons. The number of hydrogen-bond donors (Lipinski definition) is 7. The van der Waals surface area contributed by atoms with Gasteiger partial charge in [-0.3, -0.25) is 24.0 Å². The van der Waals surface area contributed by atoms with Crippen LogP contribution in [0, 0.1) is 5.92 Å². The number of nitrogens with two attached hydrogens (primary N) is 1. The summed E-state index contributed by atoms with van der Waals surface area (Å²) in [5.74, 6) is -2.64. The number of nitrogens with zero attached hydrogens (tertiary/aromatic N) is 1. The predicted molar refractivity (Wildman–Crippen MR) is 202 cm³/mol. The molecule has 4 aromatic rings. The quantitative estimate of drug-likeness (QED) is 0.0666. The van der Waals surface area contributed by atoms with Crippen LogP contribution in [0.2, 0.25) is 0 Å². The number of carbonyl (C=O) groups is 5. The van der Waals surface area contributed by atoms with Crippen LogP contribution in [0.3, 0.4) is 0 Å². The van der Waals surface area contributed by atoms with Crippen LogP contribution in [0.15, 0.2) is 104 Å². The molecule has 0 spiro atoms. The van der Waals surface area contributed by atoms with Crippen molar-refractivity contribution in [3.05, 3.63) is 120 Å². The highest BCUT2D eigenvalue weighted by Crippen LogP contribution is 2.13. The predicted octanol–water partition coefficient (Wildman–Crippen LogP) is 1.74. The molecule has 0 fully saturated rings. The van der Waals surface area contributed by atoms with Crippen LogP contribution in [-0.2, 0) is 43.2 Å². The molecule has 14 heteroatoms. The van der Waals surface area contributed by atoms with E-state index in [9.17, 15) is 29.1 Å². The van der Waals surface area contributed by atoms with E-state index in [0.717, 1.165) is 11.1 Å². The van der Waals surface area contributed by atoms with E-state index in [4.69, 9.17) is 10.5 Å². The van der Waals surface area contributed by atoms with Crippen LogP contribution in [0.5, 0.6) is 5.75 Å². The number of aliphatic hydroxyl groups excluding tert-OH is 1. The standard InChI is InChI=1S/C40H49N7O7/c1-26(2)18-33(39(52)47-32(38(41)51)20-28-14-8-4-9-15-28)44-36(49)22-35(48)31(19-27-12-6-3-7-13-27)46-40(53)34(21-29-23-42-25-43-29)45-37(50)24-54-30-16-10-5-11-17-30/h3-17,23,25-26,31-35,48H,18-22,24H2,1-2H3,(H2,41,51)(H,42,43)(H,44,49)(H,45,50)(H,46,53)(H,47,52)/t31-,32-,33-,34-,35-/m0/s1. The van der Waals surface area contributed by atoms with Gasteiger partial charge in [-0.1, -0.05) is 92.7 Å². The first kappa shape index (κ1) is 40.7. The van der Waals surface area contributed by atoms with E-state index >= 15 is 0 Å². The molecule has 0 saturated heterocycles. The molecule has 8 N–H and O–H groups in total. The minimum atomic E-state index is -1.40. The van der Waals surface area contributed by atoms with Crippen molar-refractivity contribution in [1.29, 1.82) is 0 Å². The van der Waals surface area contributed by atoms with Crippen molar-refractivity contribution in [2.75, 3.05) is 6.61 Å². The summed E-state index contributed by atoms with van der Waals surface area (Å²) in [6, 6.07) is 22.8. The number of aromatic amines is 1. The second-order valence-electron chi connectivity index (χ2n) is 13.5. The number of amides is 5. The lowest BCUT2D eigenvalue weighted by Crippen LogP contribution is -2.56. The highest BCUT2D eigenvalue weighted by atomic mass is 16.5. The third-order valence-electron chi connectivity index (χ3n) is 8.53. The van der Waals surface area contributed by atoms with Crippen molar-refractivity contribution >= 4 is 29.5 Å². The molecule has 286 valence electrons. The van der Waals surface area contributed by atoms with E-state index < -0.39 is 66.2 Å². The summed E-state index contributed by atoms with van der Waals surface area (Å²) in [7, 11) is 0. The number of primary amides is 1. The van der Waals surface area contributed by atoms with Gasteiger partial charge in [0.2, 0.25) is 23.6 Å². The van der Waals surface area contributed by atoms with Gasteiger partial charge in [-0.15, -0.1) is 0 Å². The lowest BCUT2D eigenvalue weighted by Gasteiger charge is -2.28. The van der Waals surface area contributed by atoms with Crippen molar-refractivity contribution in [3.8, 4) is 5.75 Å². The molecule has 0 bridgehead atoms. The summed E-state index contributed by atoms with van der Waals surface area (Å²) >= 11 is 0. The summed E-state index contributed by atoms with van der Waals surface area (Å²) in [5, 5.41) is 22.4. The van der Waals surface area contributed by atoms with E-state index in [0.29, 0.717) is 11.4 Å². The second-order valence-corrected chi connectivity index (χ2v) is 13.5. The molecule has 3 aromatic carbocycles. The van der Waals surface area contributed by atoms with Gasteiger partial charge in [0, 0.05) is 24.7 Å². The number of H-pyrrole nitrogens is 1. The summed E-state index contributed by atoms with van der Waals surface area (Å²) in [4.78, 5) is 72.9. The van der Waals surface area contributed by atoms with E-state index in [1.54, 1.807) is 24.3 Å². The number of nitrogens with one attached hydrogen (secondary N) is 5. The summed E-state index contributed by atoms with van der Waals surface area (Å²) in [5.41, 5.74) is 7.78. The van der Waals surface area contributed by atoms with Crippen molar-refractivity contribution in [2.24, 2.45) is 11.7 Å². The first-order chi connectivity index (χ1) is 26.0. The topological polar surface area (TPSA) is 218 Å². The Morgan fingerprint density at radius 1 is 0.722 bits per heavy atom. The first-order valence-electron chi connectivity index (χ1n) is 17.9. The second kappa shape index (κ2) is 20.9. The smallest absolute Gasteiger partial charge is 0.258 e. The average Bonchev–Trinajstić information content (AvgIpc) is 3.67. The number of rotatable bonds is 21. The molecule has 0 unspecified atom stereocenters. The van der Waals surface area contributed by atoms with Crippen LogP contribution >= 0.6 is 0 Å². The molecular weight excluding hydrogens is 690 g/mol.